The van der Waals surface area contributed by atoms with Gasteiger partial charge in [0, 0.05) is 41.7 Å². The lowest BCUT2D eigenvalue weighted by molar-refractivity contribution is 0.0323. The minimum atomic E-state index is -0.477. The van der Waals surface area contributed by atoms with Crippen molar-refractivity contribution in [2.75, 3.05) is 44.8 Å². The Morgan fingerprint density at radius 3 is 2.53 bits per heavy atom. The standard InChI is InChI=1S/C29H26ClFN2O3/c30-25-19-21(8-9-26(25)31)20-4-3-5-22(18-20)29(34)32-27-10-11-28(24-7-2-1-6-23(24)27)36-17-14-33-12-15-35-16-13-33/h1-11,18-19H,12-17H2,(H,32,34). The molecule has 0 radical (unpaired) electrons. The maximum atomic E-state index is 13.6. The van der Waals surface area contributed by atoms with Gasteiger partial charge in [0.1, 0.15) is 18.2 Å². The van der Waals surface area contributed by atoms with Gasteiger partial charge in [-0.25, -0.2) is 4.39 Å². The summed E-state index contributed by atoms with van der Waals surface area (Å²) >= 11 is 5.94. The largest absolute Gasteiger partial charge is 0.492 e. The Morgan fingerprint density at radius 2 is 1.72 bits per heavy atom. The summed E-state index contributed by atoms with van der Waals surface area (Å²) in [6, 6.07) is 23.3. The van der Waals surface area contributed by atoms with Gasteiger partial charge in [-0.1, -0.05) is 54.1 Å². The molecule has 4 aromatic carbocycles. The highest BCUT2D eigenvalue weighted by molar-refractivity contribution is 6.31. The molecule has 184 valence electrons. The number of anilines is 1. The summed E-state index contributed by atoms with van der Waals surface area (Å²) in [7, 11) is 0. The number of hydrogen-bond donors (Lipinski definition) is 1. The van der Waals surface area contributed by atoms with E-state index in [1.54, 1.807) is 30.3 Å². The van der Waals surface area contributed by atoms with Crippen LogP contribution in [0.25, 0.3) is 21.9 Å². The fourth-order valence-corrected chi connectivity index (χ4v) is 4.51. The van der Waals surface area contributed by atoms with Crippen LogP contribution in [0.3, 0.4) is 0 Å². The van der Waals surface area contributed by atoms with Crippen molar-refractivity contribution in [2.24, 2.45) is 0 Å². The van der Waals surface area contributed by atoms with Crippen molar-refractivity contribution in [2.45, 2.75) is 0 Å². The van der Waals surface area contributed by atoms with Crippen molar-refractivity contribution in [1.82, 2.24) is 4.90 Å². The van der Waals surface area contributed by atoms with E-state index in [4.69, 9.17) is 21.1 Å². The van der Waals surface area contributed by atoms with E-state index in [9.17, 15) is 9.18 Å². The predicted octanol–water partition coefficient (Wildman–Crippen LogP) is 6.26. The van der Waals surface area contributed by atoms with E-state index in [-0.39, 0.29) is 10.9 Å². The zero-order valence-electron chi connectivity index (χ0n) is 19.7. The lowest BCUT2D eigenvalue weighted by Gasteiger charge is -2.26. The van der Waals surface area contributed by atoms with Crippen LogP contribution in [0.1, 0.15) is 10.4 Å². The zero-order valence-corrected chi connectivity index (χ0v) is 20.4. The van der Waals surface area contributed by atoms with Gasteiger partial charge in [0.2, 0.25) is 0 Å². The van der Waals surface area contributed by atoms with E-state index in [1.807, 2.05) is 42.5 Å². The number of morpholine rings is 1. The molecule has 1 heterocycles. The van der Waals surface area contributed by atoms with E-state index >= 15 is 0 Å². The lowest BCUT2D eigenvalue weighted by atomic mass is 10.0. The summed E-state index contributed by atoms with van der Waals surface area (Å²) in [5, 5.41) is 4.91. The molecular formula is C29H26ClFN2O3. The molecule has 5 nitrogen and oxygen atoms in total. The fraction of sp³-hybridized carbons (Fsp3) is 0.207. The summed E-state index contributed by atoms with van der Waals surface area (Å²) in [5.74, 6) is 0.0676. The van der Waals surface area contributed by atoms with Crippen LogP contribution in [-0.4, -0.2) is 50.3 Å². The van der Waals surface area contributed by atoms with E-state index in [2.05, 4.69) is 10.2 Å². The highest BCUT2D eigenvalue weighted by atomic mass is 35.5. The first-order valence-corrected chi connectivity index (χ1v) is 12.3. The van der Waals surface area contributed by atoms with E-state index < -0.39 is 5.82 Å². The smallest absolute Gasteiger partial charge is 0.255 e. The first-order chi connectivity index (χ1) is 17.6. The maximum absolute atomic E-state index is 13.6. The number of carbonyl (C=O) groups is 1. The quantitative estimate of drug-likeness (QED) is 0.322. The number of rotatable bonds is 7. The Kier molecular flexibility index (Phi) is 7.47. The van der Waals surface area contributed by atoms with Crippen LogP contribution in [0.15, 0.2) is 78.9 Å². The number of benzene rings is 4. The lowest BCUT2D eigenvalue weighted by Crippen LogP contribution is -2.38. The number of carbonyl (C=O) groups excluding carboxylic acids is 1. The summed E-state index contributed by atoms with van der Waals surface area (Å²) in [6.07, 6.45) is 0. The van der Waals surface area contributed by atoms with Crippen molar-refractivity contribution >= 4 is 34.0 Å². The Balaban J connectivity index is 1.33. The average molecular weight is 505 g/mol. The molecule has 0 aromatic heterocycles. The normalized spacial score (nSPS) is 14.1. The molecule has 5 rings (SSSR count). The van der Waals surface area contributed by atoms with Gasteiger partial charge in [-0.2, -0.15) is 0 Å². The van der Waals surface area contributed by atoms with Gasteiger partial charge in [-0.15, -0.1) is 0 Å². The van der Waals surface area contributed by atoms with Crippen molar-refractivity contribution < 1.29 is 18.7 Å². The van der Waals surface area contributed by atoms with E-state index in [1.165, 1.54) is 6.07 Å². The molecular weight excluding hydrogens is 479 g/mol. The van der Waals surface area contributed by atoms with Crippen LogP contribution < -0.4 is 10.1 Å². The minimum Gasteiger partial charge on any atom is -0.492 e. The van der Waals surface area contributed by atoms with Gasteiger partial charge in [-0.3, -0.25) is 9.69 Å². The van der Waals surface area contributed by atoms with Crippen molar-refractivity contribution in [3.63, 3.8) is 0 Å². The first kappa shape index (κ1) is 24.3. The Morgan fingerprint density at radius 1 is 0.944 bits per heavy atom. The van der Waals surface area contributed by atoms with Crippen molar-refractivity contribution in [3.05, 3.63) is 95.3 Å². The zero-order chi connectivity index (χ0) is 24.9. The van der Waals surface area contributed by atoms with Gasteiger partial charge in [-0.05, 0) is 47.5 Å². The Bertz CT molecular complexity index is 1390. The third-order valence-corrected chi connectivity index (χ3v) is 6.57. The maximum Gasteiger partial charge on any atom is 0.255 e. The molecule has 4 aromatic rings. The summed E-state index contributed by atoms with van der Waals surface area (Å²) < 4.78 is 25.1. The van der Waals surface area contributed by atoms with E-state index in [0.717, 1.165) is 60.5 Å². The molecule has 1 aliphatic rings. The van der Waals surface area contributed by atoms with Crippen molar-refractivity contribution in [1.29, 1.82) is 0 Å². The van der Waals surface area contributed by atoms with Crippen LogP contribution in [0.4, 0.5) is 10.1 Å². The number of halogens is 2. The minimum absolute atomic E-state index is 0.0427. The highest BCUT2D eigenvalue weighted by Crippen LogP contribution is 2.32. The van der Waals surface area contributed by atoms with Crippen molar-refractivity contribution in [3.8, 4) is 16.9 Å². The molecule has 7 heteroatoms. The van der Waals surface area contributed by atoms with Crippen LogP contribution in [0.2, 0.25) is 5.02 Å². The van der Waals surface area contributed by atoms with Gasteiger partial charge < -0.3 is 14.8 Å². The van der Waals surface area contributed by atoms with Gasteiger partial charge >= 0.3 is 0 Å². The van der Waals surface area contributed by atoms with E-state index in [0.29, 0.717) is 17.9 Å². The highest BCUT2D eigenvalue weighted by Gasteiger charge is 2.14. The topological polar surface area (TPSA) is 50.8 Å². The number of nitrogens with one attached hydrogen (secondary N) is 1. The second-order valence-electron chi connectivity index (χ2n) is 8.62. The van der Waals surface area contributed by atoms with Gasteiger partial charge in [0.25, 0.3) is 5.91 Å². The molecule has 0 atom stereocenters. The third-order valence-electron chi connectivity index (χ3n) is 6.28. The SMILES string of the molecule is O=C(Nc1ccc(OCCN2CCOCC2)c2ccccc12)c1cccc(-c2ccc(F)c(Cl)c2)c1. The van der Waals surface area contributed by atoms with Gasteiger partial charge in [0.05, 0.1) is 18.2 Å². The molecule has 1 amide bonds. The molecule has 1 aliphatic heterocycles. The second-order valence-corrected chi connectivity index (χ2v) is 9.03. The number of nitrogens with zero attached hydrogens (tertiary/aromatic N) is 1. The van der Waals surface area contributed by atoms with Crippen LogP contribution >= 0.6 is 11.6 Å². The molecule has 0 spiro atoms. The Labute approximate surface area is 214 Å². The number of hydrogen-bond acceptors (Lipinski definition) is 4. The predicted molar refractivity (Wildman–Crippen MR) is 142 cm³/mol. The monoisotopic (exact) mass is 504 g/mol. The molecule has 0 unspecified atom stereocenters. The molecule has 0 bridgehead atoms. The molecule has 1 N–H and O–H groups in total. The van der Waals surface area contributed by atoms with Crippen LogP contribution in [0.5, 0.6) is 5.75 Å². The van der Waals surface area contributed by atoms with Crippen LogP contribution in [0, 0.1) is 5.82 Å². The molecule has 0 aliphatic carbocycles. The molecule has 1 fully saturated rings. The number of fused-ring (bicyclic) bond motifs is 1. The molecule has 0 saturated carbocycles. The number of ether oxygens (including phenoxy) is 2. The summed E-state index contributed by atoms with van der Waals surface area (Å²) in [4.78, 5) is 15.5. The third kappa shape index (κ3) is 5.51. The second kappa shape index (κ2) is 11.1. The summed E-state index contributed by atoms with van der Waals surface area (Å²) in [5.41, 5.74) is 2.70. The average Bonchev–Trinajstić information content (AvgIpc) is 2.92. The molecule has 1 saturated heterocycles. The Hall–Kier alpha value is -3.45. The number of amides is 1. The van der Waals surface area contributed by atoms with Crippen LogP contribution in [-0.2, 0) is 4.74 Å². The first-order valence-electron chi connectivity index (χ1n) is 11.9. The van der Waals surface area contributed by atoms with Gasteiger partial charge in [0.15, 0.2) is 0 Å². The summed E-state index contributed by atoms with van der Waals surface area (Å²) in [6.45, 7) is 4.78. The molecule has 36 heavy (non-hydrogen) atoms. The fourth-order valence-electron chi connectivity index (χ4n) is 4.33.